The smallest absolute Gasteiger partial charge is 0.337 e. The van der Waals surface area contributed by atoms with E-state index in [4.69, 9.17) is 5.11 Å². The van der Waals surface area contributed by atoms with Gasteiger partial charge in [0.15, 0.2) is 0 Å². The van der Waals surface area contributed by atoms with Gasteiger partial charge < -0.3 is 5.11 Å². The predicted octanol–water partition coefficient (Wildman–Crippen LogP) is 2.08. The van der Waals surface area contributed by atoms with Crippen LogP contribution in [-0.4, -0.2) is 30.2 Å². The lowest BCUT2D eigenvalue weighted by Crippen LogP contribution is -2.27. The molecule has 0 heterocycles. The molecule has 0 aromatic heterocycles. The number of aromatic carboxylic acids is 1. The molecule has 0 saturated heterocycles. The van der Waals surface area contributed by atoms with Crippen LogP contribution >= 0.6 is 0 Å². The van der Waals surface area contributed by atoms with E-state index in [1.165, 1.54) is 0 Å². The van der Waals surface area contributed by atoms with Crippen LogP contribution in [0.1, 0.15) is 31.1 Å². The first-order valence-electron chi connectivity index (χ1n) is 5.93. The van der Waals surface area contributed by atoms with Crippen LogP contribution in [0.2, 0.25) is 0 Å². The Labute approximate surface area is 122 Å². The molecule has 116 valence electrons. The number of carboxylic acids is 1. The molecule has 1 aromatic rings. The van der Waals surface area contributed by atoms with E-state index in [2.05, 4.69) is 4.72 Å². The minimum absolute atomic E-state index is 0.248. The normalized spacial score (nSPS) is 12.0. The summed E-state index contributed by atoms with van der Waals surface area (Å²) >= 11 is 0. The Morgan fingerprint density at radius 2 is 1.95 bits per heavy atom. The summed E-state index contributed by atoms with van der Waals surface area (Å²) in [7, 11) is -3.83. The molecular weight excluding hydrogens is 300 g/mol. The molecular formula is C12H16N2O6S. The summed E-state index contributed by atoms with van der Waals surface area (Å²) in [6, 6.07) is 2.89. The zero-order valence-corrected chi connectivity index (χ0v) is 12.6. The van der Waals surface area contributed by atoms with Crippen molar-refractivity contribution < 1.29 is 23.2 Å². The van der Waals surface area contributed by atoms with Gasteiger partial charge in [0.1, 0.15) is 0 Å². The van der Waals surface area contributed by atoms with Crippen molar-refractivity contribution in [3.05, 3.63) is 33.9 Å². The van der Waals surface area contributed by atoms with E-state index in [0.29, 0.717) is 0 Å². The number of rotatable bonds is 5. The van der Waals surface area contributed by atoms with Crippen LogP contribution in [0.3, 0.4) is 0 Å². The number of nitrogens with one attached hydrogen (secondary N) is 1. The van der Waals surface area contributed by atoms with Crippen molar-refractivity contribution in [2.75, 3.05) is 10.5 Å². The third kappa shape index (κ3) is 5.03. The van der Waals surface area contributed by atoms with E-state index >= 15 is 0 Å². The van der Waals surface area contributed by atoms with Crippen LogP contribution in [0.4, 0.5) is 11.4 Å². The zero-order chi connectivity index (χ0) is 16.4. The van der Waals surface area contributed by atoms with E-state index < -0.39 is 32.0 Å². The molecule has 0 fully saturated rings. The number of carbonyl (C=O) groups is 1. The second kappa shape index (κ2) is 5.68. The van der Waals surface area contributed by atoms with Crippen molar-refractivity contribution >= 4 is 27.4 Å². The number of sulfonamides is 1. The molecule has 0 spiro atoms. The molecule has 0 saturated carbocycles. The van der Waals surface area contributed by atoms with Gasteiger partial charge in [0.25, 0.3) is 5.69 Å². The number of nitro groups is 1. The number of anilines is 1. The van der Waals surface area contributed by atoms with Crippen LogP contribution < -0.4 is 4.72 Å². The zero-order valence-electron chi connectivity index (χ0n) is 11.8. The van der Waals surface area contributed by atoms with Gasteiger partial charge in [0.2, 0.25) is 10.0 Å². The van der Waals surface area contributed by atoms with Gasteiger partial charge in [-0.2, -0.15) is 0 Å². The van der Waals surface area contributed by atoms with Crippen LogP contribution in [0, 0.1) is 15.5 Å². The lowest BCUT2D eigenvalue weighted by atomic mass is 10.0. The van der Waals surface area contributed by atoms with Crippen molar-refractivity contribution in [2.45, 2.75) is 20.8 Å². The Hall–Kier alpha value is -2.16. The Morgan fingerprint density at radius 3 is 2.38 bits per heavy atom. The maximum absolute atomic E-state index is 12.0. The maximum Gasteiger partial charge on any atom is 0.337 e. The molecule has 8 nitrogen and oxygen atoms in total. The SMILES string of the molecule is CC(C)(C)CS(=O)(=O)Nc1cc([N+](=O)[O-])ccc1C(=O)O. The molecule has 9 heteroatoms. The fourth-order valence-electron chi connectivity index (χ4n) is 1.69. The first-order chi connectivity index (χ1) is 9.41. The van der Waals surface area contributed by atoms with Crippen LogP contribution in [0.15, 0.2) is 18.2 Å². The van der Waals surface area contributed by atoms with E-state index in [-0.39, 0.29) is 17.0 Å². The molecule has 0 radical (unpaired) electrons. The van der Waals surface area contributed by atoms with Crippen molar-refractivity contribution in [3.8, 4) is 0 Å². The molecule has 0 aliphatic rings. The summed E-state index contributed by atoms with van der Waals surface area (Å²) in [5, 5.41) is 19.7. The number of hydrogen-bond donors (Lipinski definition) is 2. The molecule has 0 aliphatic carbocycles. The molecule has 0 bridgehead atoms. The fraction of sp³-hybridized carbons (Fsp3) is 0.417. The topological polar surface area (TPSA) is 127 Å². The van der Waals surface area contributed by atoms with Gasteiger partial charge in [-0.25, -0.2) is 13.2 Å². The fourth-order valence-corrected chi connectivity index (χ4v) is 3.41. The van der Waals surface area contributed by atoms with E-state index in [0.717, 1.165) is 18.2 Å². The number of carboxylic acid groups (broad SMARTS) is 1. The van der Waals surface area contributed by atoms with Crippen molar-refractivity contribution in [2.24, 2.45) is 5.41 Å². The van der Waals surface area contributed by atoms with Crippen molar-refractivity contribution in [3.63, 3.8) is 0 Å². The largest absolute Gasteiger partial charge is 0.478 e. The standard InChI is InChI=1S/C12H16N2O6S/c1-12(2,3)7-21(19,20)13-10-6-8(14(17)18)4-5-9(10)11(15)16/h4-6,13H,7H2,1-3H3,(H,15,16). The highest BCUT2D eigenvalue weighted by atomic mass is 32.2. The minimum Gasteiger partial charge on any atom is -0.478 e. The first kappa shape index (κ1) is 16.9. The molecule has 0 amide bonds. The lowest BCUT2D eigenvalue weighted by Gasteiger charge is -2.19. The molecule has 2 N–H and O–H groups in total. The number of nitro benzene ring substituents is 1. The van der Waals surface area contributed by atoms with Crippen LogP contribution in [-0.2, 0) is 10.0 Å². The molecule has 0 atom stereocenters. The molecule has 0 unspecified atom stereocenters. The van der Waals surface area contributed by atoms with E-state index in [9.17, 15) is 23.3 Å². The van der Waals surface area contributed by atoms with E-state index in [1.807, 2.05) is 0 Å². The van der Waals surface area contributed by atoms with Gasteiger partial charge in [0.05, 0.1) is 21.9 Å². The number of non-ortho nitro benzene ring substituents is 1. The second-order valence-electron chi connectivity index (χ2n) is 5.71. The Balaban J connectivity index is 3.25. The summed E-state index contributed by atoms with van der Waals surface area (Å²) in [6.07, 6.45) is 0. The van der Waals surface area contributed by atoms with Gasteiger partial charge in [-0.15, -0.1) is 0 Å². The molecule has 1 rings (SSSR count). The molecule has 21 heavy (non-hydrogen) atoms. The average Bonchev–Trinajstić information content (AvgIpc) is 2.23. The van der Waals surface area contributed by atoms with Crippen LogP contribution in [0.25, 0.3) is 0 Å². The average molecular weight is 316 g/mol. The van der Waals surface area contributed by atoms with Crippen LogP contribution in [0.5, 0.6) is 0 Å². The third-order valence-electron chi connectivity index (χ3n) is 2.33. The summed E-state index contributed by atoms with van der Waals surface area (Å²) in [6.45, 7) is 5.12. The maximum atomic E-state index is 12.0. The highest BCUT2D eigenvalue weighted by molar-refractivity contribution is 7.92. The lowest BCUT2D eigenvalue weighted by molar-refractivity contribution is -0.384. The Morgan fingerprint density at radius 1 is 1.38 bits per heavy atom. The highest BCUT2D eigenvalue weighted by Gasteiger charge is 2.24. The van der Waals surface area contributed by atoms with Gasteiger partial charge in [-0.05, 0) is 11.5 Å². The summed E-state index contributed by atoms with van der Waals surface area (Å²) in [5.41, 5.74) is -1.61. The van der Waals surface area contributed by atoms with Gasteiger partial charge in [-0.1, -0.05) is 20.8 Å². The summed E-state index contributed by atoms with van der Waals surface area (Å²) < 4.78 is 26.1. The third-order valence-corrected chi connectivity index (χ3v) is 4.11. The van der Waals surface area contributed by atoms with E-state index in [1.54, 1.807) is 20.8 Å². The number of nitrogens with zero attached hydrogens (tertiary/aromatic N) is 1. The number of benzene rings is 1. The van der Waals surface area contributed by atoms with Gasteiger partial charge in [-0.3, -0.25) is 14.8 Å². The second-order valence-corrected chi connectivity index (χ2v) is 7.44. The highest BCUT2D eigenvalue weighted by Crippen LogP contribution is 2.25. The monoisotopic (exact) mass is 316 g/mol. The molecule has 0 aliphatic heterocycles. The minimum atomic E-state index is -3.83. The van der Waals surface area contributed by atoms with Crippen molar-refractivity contribution in [1.29, 1.82) is 0 Å². The summed E-state index contributed by atoms with van der Waals surface area (Å²) in [5.74, 6) is -1.62. The quantitative estimate of drug-likeness (QED) is 0.632. The first-order valence-corrected chi connectivity index (χ1v) is 7.59. The Kier molecular flexibility index (Phi) is 4.57. The molecule has 1 aromatic carbocycles. The van der Waals surface area contributed by atoms with Gasteiger partial charge >= 0.3 is 5.97 Å². The summed E-state index contributed by atoms with van der Waals surface area (Å²) in [4.78, 5) is 21.0. The predicted molar refractivity (Wildman–Crippen MR) is 76.9 cm³/mol. The van der Waals surface area contributed by atoms with Crippen molar-refractivity contribution in [1.82, 2.24) is 0 Å². The number of hydrogen-bond acceptors (Lipinski definition) is 5. The van der Waals surface area contributed by atoms with Gasteiger partial charge in [0, 0.05) is 12.1 Å². The Bertz CT molecular complexity index is 675.